The molecule has 1 fully saturated rings. The third-order valence-corrected chi connectivity index (χ3v) is 6.35. The quantitative estimate of drug-likeness (QED) is 0.398. The van der Waals surface area contributed by atoms with Crippen molar-refractivity contribution in [2.75, 3.05) is 47.4 Å². The highest BCUT2D eigenvalue weighted by molar-refractivity contribution is 5.76. The van der Waals surface area contributed by atoms with Crippen molar-refractivity contribution < 1.29 is 4.92 Å². The Bertz CT molecular complexity index is 1160. The second kappa shape index (κ2) is 9.44. The van der Waals surface area contributed by atoms with Crippen LogP contribution in [0.4, 0.5) is 28.7 Å². The van der Waals surface area contributed by atoms with Crippen molar-refractivity contribution in [3.8, 4) is 0 Å². The van der Waals surface area contributed by atoms with E-state index in [0.29, 0.717) is 31.3 Å². The van der Waals surface area contributed by atoms with Crippen LogP contribution in [0.25, 0.3) is 0 Å². The van der Waals surface area contributed by atoms with Gasteiger partial charge in [-0.1, -0.05) is 24.3 Å². The molecule has 172 valence electrons. The van der Waals surface area contributed by atoms with Crippen molar-refractivity contribution in [3.63, 3.8) is 0 Å². The zero-order valence-electron chi connectivity index (χ0n) is 19.7. The highest BCUT2D eigenvalue weighted by atomic mass is 16.6. The molecule has 1 aliphatic heterocycles. The second-order valence-electron chi connectivity index (χ2n) is 8.40. The predicted molar refractivity (Wildman–Crippen MR) is 133 cm³/mol. The lowest BCUT2D eigenvalue weighted by Crippen LogP contribution is -2.47. The van der Waals surface area contributed by atoms with Gasteiger partial charge in [0, 0.05) is 44.1 Å². The minimum Gasteiger partial charge on any atom is -0.368 e. The van der Waals surface area contributed by atoms with E-state index in [1.807, 2.05) is 47.9 Å². The summed E-state index contributed by atoms with van der Waals surface area (Å²) in [4.78, 5) is 26.8. The van der Waals surface area contributed by atoms with Crippen LogP contribution < -0.4 is 14.7 Å². The number of piperazine rings is 1. The average Bonchev–Trinajstić information content (AvgIpc) is 2.81. The smallest absolute Gasteiger partial charge is 0.353 e. The van der Waals surface area contributed by atoms with Gasteiger partial charge in [-0.05, 0) is 62.6 Å². The van der Waals surface area contributed by atoms with Gasteiger partial charge >= 0.3 is 5.69 Å². The van der Waals surface area contributed by atoms with E-state index >= 15 is 0 Å². The molecular weight excluding hydrogens is 416 g/mol. The lowest BCUT2D eigenvalue weighted by molar-refractivity contribution is -0.383. The number of hydrogen-bond acceptors (Lipinski definition) is 7. The maximum atomic E-state index is 12.2. The summed E-state index contributed by atoms with van der Waals surface area (Å²) in [5.74, 6) is 0.715. The predicted octanol–water partition coefficient (Wildman–Crippen LogP) is 4.79. The van der Waals surface area contributed by atoms with Gasteiger partial charge in [-0.2, -0.15) is 0 Å². The van der Waals surface area contributed by atoms with Crippen LogP contribution in [0, 0.1) is 30.9 Å². The first-order valence-electron chi connectivity index (χ1n) is 11.3. The van der Waals surface area contributed by atoms with Gasteiger partial charge in [0.25, 0.3) is 0 Å². The van der Waals surface area contributed by atoms with E-state index in [1.165, 1.54) is 23.1 Å². The Hall–Kier alpha value is -3.68. The molecule has 0 atom stereocenters. The van der Waals surface area contributed by atoms with Crippen molar-refractivity contribution in [1.82, 2.24) is 9.97 Å². The van der Waals surface area contributed by atoms with Crippen LogP contribution in [0.2, 0.25) is 0 Å². The lowest BCUT2D eigenvalue weighted by atomic mass is 10.1. The van der Waals surface area contributed by atoms with Gasteiger partial charge in [0.2, 0.25) is 11.6 Å². The molecule has 2 aromatic carbocycles. The molecule has 0 aliphatic carbocycles. The summed E-state index contributed by atoms with van der Waals surface area (Å²) >= 11 is 0. The Morgan fingerprint density at radius 2 is 1.70 bits per heavy atom. The molecule has 8 nitrogen and oxygen atoms in total. The molecule has 0 amide bonds. The van der Waals surface area contributed by atoms with E-state index < -0.39 is 0 Å². The second-order valence-corrected chi connectivity index (χ2v) is 8.40. The van der Waals surface area contributed by atoms with Gasteiger partial charge < -0.3 is 14.7 Å². The van der Waals surface area contributed by atoms with Crippen LogP contribution >= 0.6 is 0 Å². The summed E-state index contributed by atoms with van der Waals surface area (Å²) in [6, 6.07) is 14.3. The molecule has 1 aromatic heterocycles. The molecule has 1 aliphatic rings. The topological polar surface area (TPSA) is 78.6 Å². The first-order chi connectivity index (χ1) is 15.9. The monoisotopic (exact) mass is 446 g/mol. The van der Waals surface area contributed by atoms with E-state index in [0.717, 1.165) is 24.3 Å². The minimum atomic E-state index is -0.347. The molecule has 0 saturated carbocycles. The SMILES string of the molecule is CCN(c1cccc(C)c1)c1ncnc(N2CCN(c3cccc(C)c3C)CC2)c1[N+](=O)[O-]. The number of nitro groups is 1. The Labute approximate surface area is 194 Å². The number of benzene rings is 2. The van der Waals surface area contributed by atoms with Crippen LogP contribution in [0.15, 0.2) is 48.8 Å². The summed E-state index contributed by atoms with van der Waals surface area (Å²) in [5.41, 5.74) is 5.69. The number of hydrogen-bond donors (Lipinski definition) is 0. The summed E-state index contributed by atoms with van der Waals surface area (Å²) < 4.78 is 0. The molecule has 0 radical (unpaired) electrons. The molecule has 0 bridgehead atoms. The van der Waals surface area contributed by atoms with Gasteiger partial charge in [-0.3, -0.25) is 10.1 Å². The first kappa shape index (κ1) is 22.5. The van der Waals surface area contributed by atoms with Crippen LogP contribution in [-0.2, 0) is 0 Å². The van der Waals surface area contributed by atoms with Crippen LogP contribution in [-0.4, -0.2) is 47.6 Å². The third kappa shape index (κ3) is 4.46. The Balaban J connectivity index is 1.64. The fraction of sp³-hybridized carbons (Fsp3) is 0.360. The van der Waals surface area contributed by atoms with Gasteiger partial charge in [0.05, 0.1) is 4.92 Å². The normalized spacial score (nSPS) is 13.8. The number of nitrogens with zero attached hydrogens (tertiary/aromatic N) is 6. The fourth-order valence-corrected chi connectivity index (χ4v) is 4.44. The largest absolute Gasteiger partial charge is 0.368 e. The summed E-state index contributed by atoms with van der Waals surface area (Å²) in [7, 11) is 0. The van der Waals surface area contributed by atoms with Crippen LogP contribution in [0.1, 0.15) is 23.6 Å². The van der Waals surface area contributed by atoms with Crippen molar-refractivity contribution in [1.29, 1.82) is 0 Å². The molecule has 2 heterocycles. The van der Waals surface area contributed by atoms with Crippen LogP contribution in [0.3, 0.4) is 0 Å². The fourth-order valence-electron chi connectivity index (χ4n) is 4.44. The van der Waals surface area contributed by atoms with Crippen molar-refractivity contribution in [2.24, 2.45) is 0 Å². The zero-order valence-corrected chi connectivity index (χ0v) is 19.7. The van der Waals surface area contributed by atoms with Crippen LogP contribution in [0.5, 0.6) is 0 Å². The molecule has 4 rings (SSSR count). The molecule has 1 saturated heterocycles. The number of aryl methyl sites for hydroxylation is 2. The molecule has 8 heteroatoms. The molecule has 33 heavy (non-hydrogen) atoms. The van der Waals surface area contributed by atoms with Gasteiger partial charge in [-0.25, -0.2) is 9.97 Å². The Morgan fingerprint density at radius 3 is 2.36 bits per heavy atom. The van der Waals surface area contributed by atoms with E-state index in [1.54, 1.807) is 0 Å². The van der Waals surface area contributed by atoms with Gasteiger partial charge in [0.15, 0.2) is 0 Å². The third-order valence-electron chi connectivity index (χ3n) is 6.35. The lowest BCUT2D eigenvalue weighted by Gasteiger charge is -2.37. The van der Waals surface area contributed by atoms with E-state index in [-0.39, 0.29) is 10.6 Å². The van der Waals surface area contributed by atoms with Gasteiger partial charge in [0.1, 0.15) is 6.33 Å². The first-order valence-corrected chi connectivity index (χ1v) is 11.3. The molecular formula is C25H30N6O2. The van der Waals surface area contributed by atoms with Crippen molar-refractivity contribution >= 4 is 28.7 Å². The Kier molecular flexibility index (Phi) is 6.44. The standard InChI is InChI=1S/C25H30N6O2/c1-5-30(21-10-6-8-18(2)16-21)25-23(31(32)33)24(26-17-27-25)29-14-12-28(13-15-29)22-11-7-9-19(3)20(22)4/h6-11,16-17H,5,12-15H2,1-4H3. The zero-order chi connectivity index (χ0) is 23.5. The van der Waals surface area contributed by atoms with Gasteiger partial charge in [-0.15, -0.1) is 0 Å². The molecule has 0 N–H and O–H groups in total. The molecule has 0 unspecified atom stereocenters. The van der Waals surface area contributed by atoms with E-state index in [2.05, 4.69) is 46.9 Å². The highest BCUT2D eigenvalue weighted by Crippen LogP contribution is 2.38. The van der Waals surface area contributed by atoms with E-state index in [4.69, 9.17) is 0 Å². The minimum absolute atomic E-state index is 0.0407. The van der Waals surface area contributed by atoms with E-state index in [9.17, 15) is 10.1 Å². The molecule has 0 spiro atoms. The maximum Gasteiger partial charge on any atom is 0.353 e. The number of anilines is 4. The van der Waals surface area contributed by atoms with Crippen molar-refractivity contribution in [2.45, 2.75) is 27.7 Å². The number of aromatic nitrogens is 2. The van der Waals surface area contributed by atoms with Crippen molar-refractivity contribution in [3.05, 3.63) is 75.6 Å². The summed E-state index contributed by atoms with van der Waals surface area (Å²) in [6.45, 7) is 11.6. The number of rotatable bonds is 6. The highest BCUT2D eigenvalue weighted by Gasteiger charge is 2.32. The molecule has 3 aromatic rings. The maximum absolute atomic E-state index is 12.2. The summed E-state index contributed by atoms with van der Waals surface area (Å²) in [5, 5.41) is 12.2. The average molecular weight is 447 g/mol. The summed E-state index contributed by atoms with van der Waals surface area (Å²) in [6.07, 6.45) is 1.44. The Morgan fingerprint density at radius 1 is 1.00 bits per heavy atom.